The summed E-state index contributed by atoms with van der Waals surface area (Å²) in [5.41, 5.74) is 3.63. The highest BCUT2D eigenvalue weighted by Crippen LogP contribution is 2.36. The van der Waals surface area contributed by atoms with Crippen LogP contribution in [0.1, 0.15) is 24.0 Å². The number of benzene rings is 1. The van der Waals surface area contributed by atoms with Crippen molar-refractivity contribution in [2.45, 2.75) is 32.2 Å². The molecule has 0 radical (unpaired) electrons. The van der Waals surface area contributed by atoms with Gasteiger partial charge in [0.15, 0.2) is 0 Å². The van der Waals surface area contributed by atoms with Gasteiger partial charge in [-0.05, 0) is 30.9 Å². The van der Waals surface area contributed by atoms with Crippen molar-refractivity contribution < 1.29 is 14.6 Å². The Kier molecular flexibility index (Phi) is 4.14. The van der Waals surface area contributed by atoms with Crippen molar-refractivity contribution in [1.82, 2.24) is 9.78 Å². The third-order valence-electron chi connectivity index (χ3n) is 4.09. The predicted octanol–water partition coefficient (Wildman–Crippen LogP) is 1.88. The second-order valence-corrected chi connectivity index (χ2v) is 5.56. The number of methoxy groups -OCH3 is 1. The van der Waals surface area contributed by atoms with Gasteiger partial charge < -0.3 is 9.84 Å². The standard InChI is InChI=1S/C17H18N2O4/c1-23-14-5-2-4-13-12(14)8-7-11-10-15(20)19(18-17(11)13)9-3-6-16(21)22/h2,4-5,10H,3,6-9H2,1H3,(H,21,22). The van der Waals surface area contributed by atoms with E-state index >= 15 is 0 Å². The monoisotopic (exact) mass is 314 g/mol. The molecule has 0 aliphatic heterocycles. The molecule has 1 aromatic heterocycles. The molecule has 6 heteroatoms. The maximum absolute atomic E-state index is 12.1. The molecule has 0 amide bonds. The maximum atomic E-state index is 12.1. The van der Waals surface area contributed by atoms with Crippen molar-refractivity contribution in [3.8, 4) is 17.0 Å². The molecular formula is C17H18N2O4. The van der Waals surface area contributed by atoms with Crippen LogP contribution in [0.2, 0.25) is 0 Å². The average Bonchev–Trinajstić information content (AvgIpc) is 2.54. The first kappa shape index (κ1) is 15.3. The number of ether oxygens (including phenoxy) is 1. The summed E-state index contributed by atoms with van der Waals surface area (Å²) in [5.74, 6) is -0.0373. The van der Waals surface area contributed by atoms with Gasteiger partial charge in [-0.25, -0.2) is 4.68 Å². The molecule has 1 aliphatic carbocycles. The summed E-state index contributed by atoms with van der Waals surface area (Å²) >= 11 is 0. The van der Waals surface area contributed by atoms with E-state index in [4.69, 9.17) is 9.84 Å². The van der Waals surface area contributed by atoms with Crippen LogP contribution < -0.4 is 10.3 Å². The molecule has 1 heterocycles. The zero-order valence-corrected chi connectivity index (χ0v) is 12.9. The van der Waals surface area contributed by atoms with Crippen molar-refractivity contribution in [2.75, 3.05) is 7.11 Å². The summed E-state index contributed by atoms with van der Waals surface area (Å²) < 4.78 is 6.77. The zero-order chi connectivity index (χ0) is 16.4. The largest absolute Gasteiger partial charge is 0.496 e. The summed E-state index contributed by atoms with van der Waals surface area (Å²) in [5, 5.41) is 13.2. The van der Waals surface area contributed by atoms with Gasteiger partial charge in [0.05, 0.1) is 12.8 Å². The van der Waals surface area contributed by atoms with Gasteiger partial charge in [0, 0.05) is 30.2 Å². The molecule has 0 saturated carbocycles. The van der Waals surface area contributed by atoms with Crippen LogP contribution in [0.4, 0.5) is 0 Å². The van der Waals surface area contributed by atoms with Gasteiger partial charge >= 0.3 is 5.97 Å². The molecule has 0 spiro atoms. The second-order valence-electron chi connectivity index (χ2n) is 5.56. The first-order valence-corrected chi connectivity index (χ1v) is 7.59. The lowest BCUT2D eigenvalue weighted by atomic mass is 9.89. The third kappa shape index (κ3) is 2.97. The van der Waals surface area contributed by atoms with E-state index in [0.29, 0.717) is 13.0 Å². The Hall–Kier alpha value is -2.63. The molecule has 6 nitrogen and oxygen atoms in total. The summed E-state index contributed by atoms with van der Waals surface area (Å²) in [6.07, 6.45) is 1.97. The van der Waals surface area contributed by atoms with Gasteiger partial charge in [-0.2, -0.15) is 5.10 Å². The van der Waals surface area contributed by atoms with E-state index < -0.39 is 5.97 Å². The van der Waals surface area contributed by atoms with Gasteiger partial charge in [-0.15, -0.1) is 0 Å². The van der Waals surface area contributed by atoms with E-state index in [-0.39, 0.29) is 12.0 Å². The highest BCUT2D eigenvalue weighted by Gasteiger charge is 2.21. The minimum absolute atomic E-state index is 0.0234. The van der Waals surface area contributed by atoms with Crippen molar-refractivity contribution in [3.05, 3.63) is 45.7 Å². The number of carbonyl (C=O) groups is 1. The number of aryl methyl sites for hydroxylation is 2. The summed E-state index contributed by atoms with van der Waals surface area (Å²) in [7, 11) is 1.64. The summed E-state index contributed by atoms with van der Waals surface area (Å²) in [4.78, 5) is 22.7. The number of carboxylic acids is 1. The molecule has 3 rings (SSSR count). The van der Waals surface area contributed by atoms with Crippen LogP contribution in [0.3, 0.4) is 0 Å². The Bertz CT molecular complexity index is 811. The van der Waals surface area contributed by atoms with Crippen LogP contribution in [-0.4, -0.2) is 28.0 Å². The van der Waals surface area contributed by atoms with Gasteiger partial charge in [0.1, 0.15) is 5.75 Å². The van der Waals surface area contributed by atoms with Gasteiger partial charge in [-0.3, -0.25) is 9.59 Å². The number of aliphatic carboxylic acids is 1. The Morgan fingerprint density at radius 1 is 1.39 bits per heavy atom. The minimum atomic E-state index is -0.869. The highest BCUT2D eigenvalue weighted by atomic mass is 16.5. The minimum Gasteiger partial charge on any atom is -0.496 e. The molecule has 1 N–H and O–H groups in total. The average molecular weight is 314 g/mol. The molecule has 1 aromatic carbocycles. The smallest absolute Gasteiger partial charge is 0.303 e. The van der Waals surface area contributed by atoms with Gasteiger partial charge in [-0.1, -0.05) is 12.1 Å². The molecule has 23 heavy (non-hydrogen) atoms. The molecule has 0 bridgehead atoms. The van der Waals surface area contributed by atoms with Crippen molar-refractivity contribution in [1.29, 1.82) is 0 Å². The van der Waals surface area contributed by atoms with E-state index in [0.717, 1.165) is 41.0 Å². The lowest BCUT2D eigenvalue weighted by molar-refractivity contribution is -0.137. The quantitative estimate of drug-likeness (QED) is 0.911. The molecule has 0 fully saturated rings. The van der Waals surface area contributed by atoms with Crippen molar-refractivity contribution >= 4 is 5.97 Å². The number of carboxylic acid groups (broad SMARTS) is 1. The zero-order valence-electron chi connectivity index (χ0n) is 12.9. The van der Waals surface area contributed by atoms with Crippen molar-refractivity contribution in [3.63, 3.8) is 0 Å². The van der Waals surface area contributed by atoms with Crippen LogP contribution in [0.5, 0.6) is 5.75 Å². The highest BCUT2D eigenvalue weighted by molar-refractivity contribution is 5.71. The number of nitrogens with zero attached hydrogens (tertiary/aromatic N) is 2. The number of aromatic nitrogens is 2. The molecule has 0 unspecified atom stereocenters. The van der Waals surface area contributed by atoms with Gasteiger partial charge in [0.2, 0.25) is 0 Å². The molecule has 1 aliphatic rings. The fourth-order valence-corrected chi connectivity index (χ4v) is 2.98. The van der Waals surface area contributed by atoms with E-state index in [1.165, 1.54) is 4.68 Å². The SMILES string of the molecule is COc1cccc2c1CCc1cc(=O)n(CCCC(=O)O)nc1-2. The Morgan fingerprint density at radius 2 is 2.22 bits per heavy atom. The normalized spacial score (nSPS) is 12.4. The molecule has 0 saturated heterocycles. The van der Waals surface area contributed by atoms with Crippen LogP contribution in [0.25, 0.3) is 11.3 Å². The number of rotatable bonds is 5. The number of hydrogen-bond donors (Lipinski definition) is 1. The summed E-state index contributed by atoms with van der Waals surface area (Å²) in [6.45, 7) is 0.303. The molecular weight excluding hydrogens is 296 g/mol. The molecule has 0 atom stereocenters. The lowest BCUT2D eigenvalue weighted by Gasteiger charge is -2.21. The van der Waals surface area contributed by atoms with E-state index in [2.05, 4.69) is 5.10 Å². The van der Waals surface area contributed by atoms with E-state index in [1.807, 2.05) is 18.2 Å². The number of hydrogen-bond acceptors (Lipinski definition) is 4. The van der Waals surface area contributed by atoms with Gasteiger partial charge in [0.25, 0.3) is 5.56 Å². The molecule has 120 valence electrons. The van der Waals surface area contributed by atoms with Crippen LogP contribution in [0.15, 0.2) is 29.1 Å². The number of fused-ring (bicyclic) bond motifs is 3. The Morgan fingerprint density at radius 3 is 2.96 bits per heavy atom. The maximum Gasteiger partial charge on any atom is 0.303 e. The van der Waals surface area contributed by atoms with E-state index in [9.17, 15) is 9.59 Å². The predicted molar refractivity (Wildman–Crippen MR) is 84.8 cm³/mol. The lowest BCUT2D eigenvalue weighted by Crippen LogP contribution is -2.26. The Balaban J connectivity index is 2.00. The van der Waals surface area contributed by atoms with Crippen LogP contribution in [0, 0.1) is 0 Å². The fraction of sp³-hybridized carbons (Fsp3) is 0.353. The van der Waals surface area contributed by atoms with Crippen LogP contribution in [-0.2, 0) is 24.2 Å². The van der Waals surface area contributed by atoms with Crippen molar-refractivity contribution in [2.24, 2.45) is 0 Å². The summed E-state index contributed by atoms with van der Waals surface area (Å²) in [6, 6.07) is 7.43. The molecule has 2 aromatic rings. The third-order valence-corrected chi connectivity index (χ3v) is 4.09. The first-order valence-electron chi connectivity index (χ1n) is 7.59. The first-order chi connectivity index (χ1) is 11.1. The van der Waals surface area contributed by atoms with E-state index in [1.54, 1.807) is 13.2 Å². The second kappa shape index (κ2) is 6.24. The van der Waals surface area contributed by atoms with Crippen LogP contribution >= 0.6 is 0 Å². The topological polar surface area (TPSA) is 81.4 Å². The Labute approximate surface area is 133 Å². The fourth-order valence-electron chi connectivity index (χ4n) is 2.98.